The number of carbonyl (C=O) groups is 2. The van der Waals surface area contributed by atoms with E-state index in [4.69, 9.17) is 0 Å². The lowest BCUT2D eigenvalue weighted by Gasteiger charge is -2.14. The first-order valence-corrected chi connectivity index (χ1v) is 6.51. The fourth-order valence-electron chi connectivity index (χ4n) is 3.08. The lowest BCUT2D eigenvalue weighted by Crippen LogP contribution is -2.15. The highest BCUT2D eigenvalue weighted by Crippen LogP contribution is 2.33. The van der Waals surface area contributed by atoms with Crippen molar-refractivity contribution >= 4 is 22.7 Å². The van der Waals surface area contributed by atoms with E-state index in [0.717, 1.165) is 35.1 Å². The summed E-state index contributed by atoms with van der Waals surface area (Å²) in [7, 11) is 0. The molecule has 0 fully saturated rings. The van der Waals surface area contributed by atoms with E-state index in [2.05, 4.69) is 4.57 Å². The third-order valence-electron chi connectivity index (χ3n) is 3.87. The van der Waals surface area contributed by atoms with Crippen LogP contribution in [0.25, 0.3) is 10.9 Å². The number of aromatic nitrogens is 1. The fourth-order valence-corrected chi connectivity index (χ4v) is 3.08. The maximum atomic E-state index is 11.7. The normalized spacial score (nSPS) is 14.7. The van der Waals surface area contributed by atoms with Crippen molar-refractivity contribution in [3.63, 3.8) is 0 Å². The number of hydrogen-bond donors (Lipinski definition) is 1. The van der Waals surface area contributed by atoms with Crippen molar-refractivity contribution in [3.8, 4) is 0 Å². The van der Waals surface area contributed by atoms with E-state index >= 15 is 0 Å². The molecule has 1 N–H and O–H groups in total. The van der Waals surface area contributed by atoms with Crippen LogP contribution in [0.2, 0.25) is 0 Å². The van der Waals surface area contributed by atoms with Gasteiger partial charge in [-0.2, -0.15) is 0 Å². The lowest BCUT2D eigenvalue weighted by molar-refractivity contribution is -0.118. The number of para-hydroxylation sites is 1. The Bertz CT molecular complexity index is 697. The molecule has 2 aromatic rings. The van der Waals surface area contributed by atoms with E-state index in [0.29, 0.717) is 18.4 Å². The maximum absolute atomic E-state index is 11.7. The summed E-state index contributed by atoms with van der Waals surface area (Å²) in [5.41, 5.74) is 3.24. The van der Waals surface area contributed by atoms with Gasteiger partial charge in [0.15, 0.2) is 0 Å². The first-order valence-electron chi connectivity index (χ1n) is 6.51. The molecule has 1 aromatic carbocycles. The molecule has 1 aliphatic carbocycles. The first kappa shape index (κ1) is 12.0. The number of nitrogens with zero attached hydrogens (tertiary/aromatic N) is 1. The van der Waals surface area contributed by atoms with Crippen LogP contribution >= 0.6 is 0 Å². The fraction of sp³-hybridized carbons (Fsp3) is 0.333. The Kier molecular flexibility index (Phi) is 2.66. The Morgan fingerprint density at radius 3 is 2.84 bits per heavy atom. The summed E-state index contributed by atoms with van der Waals surface area (Å²) < 4.78 is 2.06. The van der Waals surface area contributed by atoms with Crippen molar-refractivity contribution in [1.29, 1.82) is 0 Å². The zero-order valence-corrected chi connectivity index (χ0v) is 10.8. The van der Waals surface area contributed by atoms with Gasteiger partial charge in [0.2, 0.25) is 0 Å². The summed E-state index contributed by atoms with van der Waals surface area (Å²) in [5.74, 6) is -0.676. The summed E-state index contributed by atoms with van der Waals surface area (Å²) in [4.78, 5) is 23.0. The van der Waals surface area contributed by atoms with E-state index in [1.54, 1.807) is 12.1 Å². The van der Waals surface area contributed by atoms with Crippen molar-refractivity contribution in [2.75, 3.05) is 0 Å². The average molecular weight is 257 g/mol. The molecule has 0 bridgehead atoms. The van der Waals surface area contributed by atoms with Crippen LogP contribution in [0, 0.1) is 0 Å². The number of rotatable bonds is 2. The van der Waals surface area contributed by atoms with Crippen LogP contribution in [0.4, 0.5) is 0 Å². The molecule has 1 heterocycles. The molecule has 1 aromatic heterocycles. The van der Waals surface area contributed by atoms with Crippen LogP contribution in [0.5, 0.6) is 0 Å². The van der Waals surface area contributed by atoms with E-state index in [1.165, 1.54) is 0 Å². The number of fused-ring (bicyclic) bond motifs is 3. The van der Waals surface area contributed by atoms with Gasteiger partial charge in [-0.1, -0.05) is 12.1 Å². The maximum Gasteiger partial charge on any atom is 0.337 e. The summed E-state index contributed by atoms with van der Waals surface area (Å²) in [6.07, 6.45) is 1.71. The summed E-state index contributed by atoms with van der Waals surface area (Å²) in [5, 5.41) is 10.3. The summed E-state index contributed by atoms with van der Waals surface area (Å²) in [6, 6.07) is 5.31. The van der Waals surface area contributed by atoms with Gasteiger partial charge in [-0.3, -0.25) is 4.79 Å². The zero-order valence-electron chi connectivity index (χ0n) is 10.8. The largest absolute Gasteiger partial charge is 0.478 e. The Hall–Kier alpha value is -2.10. The Balaban J connectivity index is 2.41. The summed E-state index contributed by atoms with van der Waals surface area (Å²) in [6.45, 7) is 2.74. The quantitative estimate of drug-likeness (QED) is 0.898. The molecule has 4 heteroatoms. The van der Waals surface area contributed by atoms with Crippen molar-refractivity contribution in [2.24, 2.45) is 0 Å². The minimum absolute atomic E-state index is 0.239. The standard InChI is InChI=1S/C15H15NO3/c1-2-16-13-7-6-9(17)8-12(13)10-4-3-5-11(14(10)16)15(18)19/h3-5H,2,6-8H2,1H3,(H,18,19). The molecule has 0 atom stereocenters. The highest BCUT2D eigenvalue weighted by Gasteiger charge is 2.25. The third-order valence-corrected chi connectivity index (χ3v) is 3.87. The van der Waals surface area contributed by atoms with Crippen LogP contribution in [-0.2, 0) is 24.2 Å². The van der Waals surface area contributed by atoms with Gasteiger partial charge in [-0.25, -0.2) is 4.79 Å². The second kappa shape index (κ2) is 4.23. The molecule has 0 amide bonds. The topological polar surface area (TPSA) is 59.3 Å². The van der Waals surface area contributed by atoms with Crippen LogP contribution in [0.1, 0.15) is 35.0 Å². The predicted octanol–water partition coefficient (Wildman–Crippen LogP) is 2.42. The minimum atomic E-state index is -0.915. The van der Waals surface area contributed by atoms with Crippen molar-refractivity contribution in [2.45, 2.75) is 32.7 Å². The molecule has 0 spiro atoms. The molecule has 19 heavy (non-hydrogen) atoms. The second-order valence-corrected chi connectivity index (χ2v) is 4.89. The van der Waals surface area contributed by atoms with Crippen molar-refractivity contribution in [3.05, 3.63) is 35.0 Å². The Morgan fingerprint density at radius 1 is 1.37 bits per heavy atom. The molecule has 0 aliphatic heterocycles. The number of benzene rings is 1. The smallest absolute Gasteiger partial charge is 0.337 e. The van der Waals surface area contributed by atoms with E-state index in [-0.39, 0.29) is 5.78 Å². The molecule has 98 valence electrons. The number of Topliss-reactive ketones (excluding diaryl/α,β-unsaturated/α-hetero) is 1. The van der Waals surface area contributed by atoms with E-state index in [1.807, 2.05) is 13.0 Å². The zero-order chi connectivity index (χ0) is 13.6. The van der Waals surface area contributed by atoms with Gasteiger partial charge >= 0.3 is 5.97 Å². The van der Waals surface area contributed by atoms with Gasteiger partial charge in [0.25, 0.3) is 0 Å². The monoisotopic (exact) mass is 257 g/mol. The minimum Gasteiger partial charge on any atom is -0.478 e. The molecule has 1 aliphatic rings. The van der Waals surface area contributed by atoms with Crippen LogP contribution < -0.4 is 0 Å². The molecule has 4 nitrogen and oxygen atoms in total. The van der Waals surface area contributed by atoms with Crippen LogP contribution in [0.15, 0.2) is 18.2 Å². The first-order chi connectivity index (χ1) is 9.13. The van der Waals surface area contributed by atoms with Gasteiger partial charge in [-0.15, -0.1) is 0 Å². The number of hydrogen-bond acceptors (Lipinski definition) is 2. The molecule has 0 radical (unpaired) electrons. The van der Waals surface area contributed by atoms with Gasteiger partial charge in [0.1, 0.15) is 5.78 Å². The molecular formula is C15H15NO3. The molecule has 3 rings (SSSR count). The van der Waals surface area contributed by atoms with E-state index < -0.39 is 5.97 Å². The SMILES string of the molecule is CCn1c2c(c3cccc(C(=O)O)c31)CC(=O)CC2. The number of ketones is 1. The average Bonchev–Trinajstić information content (AvgIpc) is 2.71. The van der Waals surface area contributed by atoms with Crippen LogP contribution in [-0.4, -0.2) is 21.4 Å². The Morgan fingerprint density at radius 2 is 2.16 bits per heavy atom. The van der Waals surface area contributed by atoms with Gasteiger partial charge in [0, 0.05) is 30.5 Å². The molecular weight excluding hydrogens is 242 g/mol. The molecule has 0 saturated heterocycles. The number of carboxylic acids is 1. The van der Waals surface area contributed by atoms with Crippen LogP contribution in [0.3, 0.4) is 0 Å². The highest BCUT2D eigenvalue weighted by atomic mass is 16.4. The third kappa shape index (κ3) is 1.67. The second-order valence-electron chi connectivity index (χ2n) is 4.89. The van der Waals surface area contributed by atoms with Gasteiger partial charge in [0.05, 0.1) is 11.1 Å². The number of carboxylic acid groups (broad SMARTS) is 1. The highest BCUT2D eigenvalue weighted by molar-refractivity contribution is 6.05. The summed E-state index contributed by atoms with van der Waals surface area (Å²) >= 11 is 0. The van der Waals surface area contributed by atoms with Crippen molar-refractivity contribution in [1.82, 2.24) is 4.57 Å². The van der Waals surface area contributed by atoms with Gasteiger partial charge in [-0.05, 0) is 25.0 Å². The Labute approximate surface area is 110 Å². The van der Waals surface area contributed by atoms with Crippen molar-refractivity contribution < 1.29 is 14.7 Å². The van der Waals surface area contributed by atoms with E-state index in [9.17, 15) is 14.7 Å². The lowest BCUT2D eigenvalue weighted by atomic mass is 9.94. The van der Waals surface area contributed by atoms with Gasteiger partial charge < -0.3 is 9.67 Å². The number of aromatic carboxylic acids is 1. The number of aryl methyl sites for hydroxylation is 1. The molecule has 0 unspecified atom stereocenters. The molecule has 0 saturated carbocycles. The predicted molar refractivity (Wildman–Crippen MR) is 71.6 cm³/mol. The number of carbonyl (C=O) groups excluding carboxylic acids is 1.